The van der Waals surface area contributed by atoms with E-state index >= 15 is 0 Å². The van der Waals surface area contributed by atoms with Gasteiger partial charge in [-0.3, -0.25) is 0 Å². The van der Waals surface area contributed by atoms with E-state index in [1.54, 1.807) is 0 Å². The molecule has 72 valence electrons. The zero-order valence-corrected chi connectivity index (χ0v) is 7.48. The summed E-state index contributed by atoms with van der Waals surface area (Å²) in [5, 5.41) is 0. The second kappa shape index (κ2) is 4.17. The summed E-state index contributed by atoms with van der Waals surface area (Å²) in [5.41, 5.74) is 0. The van der Waals surface area contributed by atoms with Crippen molar-refractivity contribution in [3.8, 4) is 0 Å². The third-order valence-electron chi connectivity index (χ3n) is 2.12. The standard InChI is InChI=1S/C9H16F2O/c1-9(10,11)7-12-8-5-3-2-4-6-8/h8H,2-7H2,1H3. The van der Waals surface area contributed by atoms with E-state index in [1.807, 2.05) is 0 Å². The van der Waals surface area contributed by atoms with Crippen molar-refractivity contribution in [1.82, 2.24) is 0 Å². The molecule has 0 amide bonds. The molecule has 0 saturated heterocycles. The van der Waals surface area contributed by atoms with Gasteiger partial charge in [0, 0.05) is 6.92 Å². The molecule has 0 spiro atoms. The van der Waals surface area contributed by atoms with Crippen LogP contribution in [0.15, 0.2) is 0 Å². The highest BCUT2D eigenvalue weighted by molar-refractivity contribution is 4.66. The Bertz CT molecular complexity index is 125. The summed E-state index contributed by atoms with van der Waals surface area (Å²) in [6.45, 7) is 0.480. The van der Waals surface area contributed by atoms with Crippen LogP contribution in [0.25, 0.3) is 0 Å². The predicted molar refractivity (Wildman–Crippen MR) is 43.4 cm³/mol. The van der Waals surface area contributed by atoms with Gasteiger partial charge in [0.15, 0.2) is 0 Å². The first-order valence-corrected chi connectivity index (χ1v) is 4.57. The van der Waals surface area contributed by atoms with Crippen molar-refractivity contribution in [2.75, 3.05) is 6.61 Å². The van der Waals surface area contributed by atoms with E-state index in [4.69, 9.17) is 4.74 Å². The number of rotatable bonds is 3. The normalized spacial score (nSPS) is 21.2. The average Bonchev–Trinajstić information content (AvgIpc) is 2.02. The summed E-state index contributed by atoms with van der Waals surface area (Å²) in [4.78, 5) is 0. The number of ether oxygens (including phenoxy) is 1. The number of hydrogen-bond donors (Lipinski definition) is 0. The van der Waals surface area contributed by atoms with Gasteiger partial charge in [-0.1, -0.05) is 19.3 Å². The highest BCUT2D eigenvalue weighted by Crippen LogP contribution is 2.22. The molecule has 0 aromatic carbocycles. The van der Waals surface area contributed by atoms with Gasteiger partial charge in [0.25, 0.3) is 5.92 Å². The van der Waals surface area contributed by atoms with Gasteiger partial charge < -0.3 is 4.74 Å². The van der Waals surface area contributed by atoms with Crippen LogP contribution in [0.2, 0.25) is 0 Å². The first-order chi connectivity index (χ1) is 5.58. The van der Waals surface area contributed by atoms with E-state index in [0.717, 1.165) is 32.6 Å². The SMILES string of the molecule is CC(F)(F)COC1CCCCC1. The Labute approximate surface area is 72.1 Å². The van der Waals surface area contributed by atoms with Gasteiger partial charge in [-0.05, 0) is 12.8 Å². The molecule has 3 heteroatoms. The van der Waals surface area contributed by atoms with Gasteiger partial charge in [-0.2, -0.15) is 0 Å². The molecule has 1 nitrogen and oxygen atoms in total. The highest BCUT2D eigenvalue weighted by atomic mass is 19.3. The van der Waals surface area contributed by atoms with Crippen LogP contribution in [0.5, 0.6) is 0 Å². The lowest BCUT2D eigenvalue weighted by Crippen LogP contribution is -2.25. The summed E-state index contributed by atoms with van der Waals surface area (Å²) < 4.78 is 29.8. The van der Waals surface area contributed by atoms with Crippen LogP contribution in [-0.2, 0) is 4.74 Å². The number of alkyl halides is 2. The molecule has 0 aliphatic heterocycles. The molecular weight excluding hydrogens is 162 g/mol. The molecule has 0 bridgehead atoms. The lowest BCUT2D eigenvalue weighted by atomic mass is 9.98. The van der Waals surface area contributed by atoms with Crippen LogP contribution in [0.4, 0.5) is 8.78 Å². The maximum Gasteiger partial charge on any atom is 0.268 e. The zero-order valence-electron chi connectivity index (χ0n) is 7.48. The fourth-order valence-electron chi connectivity index (χ4n) is 1.50. The molecule has 0 aromatic heterocycles. The Balaban J connectivity index is 2.13. The van der Waals surface area contributed by atoms with Crippen LogP contribution in [0.3, 0.4) is 0 Å². The molecule has 1 rings (SSSR count). The molecule has 0 aromatic rings. The molecule has 1 aliphatic rings. The van der Waals surface area contributed by atoms with E-state index in [0.29, 0.717) is 0 Å². The molecule has 12 heavy (non-hydrogen) atoms. The van der Waals surface area contributed by atoms with Crippen LogP contribution in [0.1, 0.15) is 39.0 Å². The maximum absolute atomic E-state index is 12.4. The summed E-state index contributed by atoms with van der Waals surface area (Å²) >= 11 is 0. The first-order valence-electron chi connectivity index (χ1n) is 4.57. The summed E-state index contributed by atoms with van der Waals surface area (Å²) in [6.07, 6.45) is 5.47. The smallest absolute Gasteiger partial charge is 0.268 e. The highest BCUT2D eigenvalue weighted by Gasteiger charge is 2.24. The van der Waals surface area contributed by atoms with E-state index in [9.17, 15) is 8.78 Å². The predicted octanol–water partition coefficient (Wildman–Crippen LogP) is 2.99. The van der Waals surface area contributed by atoms with Gasteiger partial charge in [-0.15, -0.1) is 0 Å². The largest absolute Gasteiger partial charge is 0.372 e. The minimum absolute atomic E-state index is 0.0876. The molecule has 0 unspecified atom stereocenters. The first kappa shape index (κ1) is 9.90. The van der Waals surface area contributed by atoms with Crippen LogP contribution in [0, 0.1) is 0 Å². The van der Waals surface area contributed by atoms with Crippen LogP contribution < -0.4 is 0 Å². The van der Waals surface area contributed by atoms with Gasteiger partial charge in [0.2, 0.25) is 0 Å². The summed E-state index contributed by atoms with van der Waals surface area (Å²) in [6, 6.07) is 0. The molecule has 0 radical (unpaired) electrons. The molecule has 0 heterocycles. The molecular formula is C9H16F2O. The second-order valence-electron chi connectivity index (χ2n) is 3.64. The molecule has 0 atom stereocenters. The van der Waals surface area contributed by atoms with E-state index < -0.39 is 12.5 Å². The van der Waals surface area contributed by atoms with Crippen molar-refractivity contribution in [2.24, 2.45) is 0 Å². The van der Waals surface area contributed by atoms with Crippen molar-refractivity contribution in [2.45, 2.75) is 51.1 Å². The number of halogens is 2. The number of hydrogen-bond acceptors (Lipinski definition) is 1. The molecule has 1 fully saturated rings. The molecule has 0 N–H and O–H groups in total. The van der Waals surface area contributed by atoms with Crippen LogP contribution in [-0.4, -0.2) is 18.6 Å². The Morgan fingerprint density at radius 2 is 1.83 bits per heavy atom. The summed E-state index contributed by atoms with van der Waals surface area (Å²) in [5.74, 6) is -2.67. The molecule has 1 aliphatic carbocycles. The lowest BCUT2D eigenvalue weighted by Gasteiger charge is -2.23. The lowest BCUT2D eigenvalue weighted by molar-refractivity contribution is -0.0939. The quantitative estimate of drug-likeness (QED) is 0.645. The minimum atomic E-state index is -2.67. The Kier molecular flexibility index (Phi) is 3.44. The van der Waals surface area contributed by atoms with E-state index in [1.165, 1.54) is 6.42 Å². The fourth-order valence-corrected chi connectivity index (χ4v) is 1.50. The second-order valence-corrected chi connectivity index (χ2v) is 3.64. The van der Waals surface area contributed by atoms with Crippen molar-refractivity contribution in [3.63, 3.8) is 0 Å². The summed E-state index contributed by atoms with van der Waals surface area (Å²) in [7, 11) is 0. The van der Waals surface area contributed by atoms with Crippen molar-refractivity contribution >= 4 is 0 Å². The Morgan fingerprint density at radius 3 is 2.33 bits per heavy atom. The topological polar surface area (TPSA) is 9.23 Å². The minimum Gasteiger partial charge on any atom is -0.372 e. The van der Waals surface area contributed by atoms with E-state index in [-0.39, 0.29) is 6.10 Å². The maximum atomic E-state index is 12.4. The van der Waals surface area contributed by atoms with Gasteiger partial charge in [-0.25, -0.2) is 8.78 Å². The van der Waals surface area contributed by atoms with Gasteiger partial charge in [0.1, 0.15) is 6.61 Å². The van der Waals surface area contributed by atoms with Crippen molar-refractivity contribution in [1.29, 1.82) is 0 Å². The Morgan fingerprint density at radius 1 is 1.25 bits per heavy atom. The monoisotopic (exact) mass is 178 g/mol. The van der Waals surface area contributed by atoms with Crippen molar-refractivity contribution < 1.29 is 13.5 Å². The van der Waals surface area contributed by atoms with Gasteiger partial charge in [0.05, 0.1) is 6.10 Å². The third kappa shape index (κ3) is 4.00. The fraction of sp³-hybridized carbons (Fsp3) is 1.00. The Hall–Kier alpha value is -0.180. The molecule has 1 saturated carbocycles. The van der Waals surface area contributed by atoms with E-state index in [2.05, 4.69) is 0 Å². The van der Waals surface area contributed by atoms with Crippen molar-refractivity contribution in [3.05, 3.63) is 0 Å². The van der Waals surface area contributed by atoms with Gasteiger partial charge >= 0.3 is 0 Å². The third-order valence-corrected chi connectivity index (χ3v) is 2.12. The average molecular weight is 178 g/mol. The van der Waals surface area contributed by atoms with Crippen LogP contribution >= 0.6 is 0 Å². The zero-order chi connectivity index (χ0) is 9.03.